The van der Waals surface area contributed by atoms with E-state index >= 15 is 0 Å². The molecule has 36 heavy (non-hydrogen) atoms. The van der Waals surface area contributed by atoms with Crippen molar-refractivity contribution in [1.29, 1.82) is 0 Å². The Bertz CT molecular complexity index is 899. The fourth-order valence-corrected chi connectivity index (χ4v) is 11.4. The van der Waals surface area contributed by atoms with Gasteiger partial charge in [0, 0.05) is 22.0 Å². The van der Waals surface area contributed by atoms with E-state index in [1.807, 2.05) is 0 Å². The van der Waals surface area contributed by atoms with Crippen molar-refractivity contribution in [2.24, 2.45) is 35.5 Å². The van der Waals surface area contributed by atoms with Crippen LogP contribution < -0.4 is 9.47 Å². The molecule has 8 aliphatic carbocycles. The summed E-state index contributed by atoms with van der Waals surface area (Å²) < 4.78 is 24.6. The van der Waals surface area contributed by atoms with Crippen LogP contribution >= 0.6 is 0 Å². The van der Waals surface area contributed by atoms with Crippen molar-refractivity contribution in [2.75, 3.05) is 26.4 Å². The van der Waals surface area contributed by atoms with Gasteiger partial charge in [-0.3, -0.25) is 0 Å². The Morgan fingerprint density at radius 2 is 0.861 bits per heavy atom. The fourth-order valence-electron chi connectivity index (χ4n) is 11.4. The van der Waals surface area contributed by atoms with Crippen LogP contribution in [0.5, 0.6) is 11.5 Å². The molecule has 0 N–H and O–H groups in total. The lowest BCUT2D eigenvalue weighted by Gasteiger charge is -2.61. The predicted molar refractivity (Wildman–Crippen MR) is 137 cm³/mol. The number of rotatable bonds is 8. The molecule has 1 aromatic rings. The van der Waals surface area contributed by atoms with E-state index in [0.29, 0.717) is 36.3 Å². The first-order valence-electron chi connectivity index (χ1n) is 15.3. The van der Waals surface area contributed by atoms with Gasteiger partial charge < -0.3 is 18.9 Å². The van der Waals surface area contributed by atoms with Gasteiger partial charge >= 0.3 is 0 Å². The van der Waals surface area contributed by atoms with E-state index in [9.17, 15) is 0 Å². The summed E-state index contributed by atoms with van der Waals surface area (Å²) in [5.74, 6) is 7.90. The molecule has 0 aromatic heterocycles. The van der Waals surface area contributed by atoms with E-state index in [-0.39, 0.29) is 0 Å². The van der Waals surface area contributed by atoms with Crippen molar-refractivity contribution in [2.45, 2.75) is 100 Å². The first-order chi connectivity index (χ1) is 17.6. The zero-order valence-electron chi connectivity index (χ0n) is 21.7. The molecule has 4 nitrogen and oxygen atoms in total. The highest BCUT2D eigenvalue weighted by atomic mass is 16.6. The SMILES string of the molecule is c1cc(OCC2CO2)c(C23CC4CC(CC(C4)C2)C3)c(C23CC4CC(CC(C4)C2)C3)c1OCC1CO1. The predicted octanol–water partition coefficient (Wildman–Crippen LogP) is 6.18. The second-order valence-electron chi connectivity index (χ2n) is 14.7. The van der Waals surface area contributed by atoms with Gasteiger partial charge in [-0.2, -0.15) is 0 Å². The zero-order valence-corrected chi connectivity index (χ0v) is 21.7. The topological polar surface area (TPSA) is 43.5 Å². The lowest BCUT2D eigenvalue weighted by molar-refractivity contribution is -0.0195. The maximum atomic E-state index is 6.74. The largest absolute Gasteiger partial charge is 0.490 e. The van der Waals surface area contributed by atoms with Gasteiger partial charge in [0.15, 0.2) is 0 Å². The van der Waals surface area contributed by atoms with Crippen LogP contribution in [0, 0.1) is 35.5 Å². The highest BCUT2D eigenvalue weighted by Gasteiger charge is 2.58. The monoisotopic (exact) mass is 490 g/mol. The van der Waals surface area contributed by atoms with Gasteiger partial charge in [0.1, 0.15) is 36.9 Å². The molecule has 194 valence electrons. The van der Waals surface area contributed by atoms with Crippen LogP contribution in [0.4, 0.5) is 0 Å². The quantitative estimate of drug-likeness (QED) is 0.408. The third-order valence-electron chi connectivity index (χ3n) is 11.9. The number of hydrogen-bond acceptors (Lipinski definition) is 4. The molecule has 0 radical (unpaired) electrons. The maximum Gasteiger partial charge on any atom is 0.123 e. The van der Waals surface area contributed by atoms with Crippen molar-refractivity contribution in [3.63, 3.8) is 0 Å². The van der Waals surface area contributed by atoms with E-state index in [1.54, 1.807) is 11.1 Å². The maximum absolute atomic E-state index is 6.74. The first kappa shape index (κ1) is 21.6. The molecule has 10 aliphatic rings. The van der Waals surface area contributed by atoms with Crippen molar-refractivity contribution in [3.8, 4) is 11.5 Å². The van der Waals surface area contributed by atoms with Gasteiger partial charge in [-0.1, -0.05) is 0 Å². The summed E-state index contributed by atoms with van der Waals surface area (Å²) >= 11 is 0. The van der Waals surface area contributed by atoms with Crippen LogP contribution in [0.15, 0.2) is 12.1 Å². The first-order valence-corrected chi connectivity index (χ1v) is 15.3. The van der Waals surface area contributed by atoms with Crippen molar-refractivity contribution in [1.82, 2.24) is 0 Å². The Kier molecular flexibility index (Phi) is 4.60. The lowest BCUT2D eigenvalue weighted by Crippen LogP contribution is -2.52. The molecule has 2 saturated heterocycles. The van der Waals surface area contributed by atoms with Gasteiger partial charge in [-0.25, -0.2) is 0 Å². The zero-order chi connectivity index (χ0) is 23.5. The molecule has 11 rings (SSSR count). The third kappa shape index (κ3) is 3.45. The number of benzene rings is 1. The van der Waals surface area contributed by atoms with Crippen LogP contribution in [-0.4, -0.2) is 38.6 Å². The van der Waals surface area contributed by atoms with E-state index in [4.69, 9.17) is 18.9 Å². The molecular formula is C32H42O4. The molecule has 0 amide bonds. The summed E-state index contributed by atoms with van der Waals surface area (Å²) in [7, 11) is 0. The summed E-state index contributed by atoms with van der Waals surface area (Å²) in [4.78, 5) is 0. The summed E-state index contributed by atoms with van der Waals surface area (Å²) in [5, 5.41) is 0. The molecule has 1 aromatic carbocycles. The van der Waals surface area contributed by atoms with E-state index in [0.717, 1.165) is 48.7 Å². The van der Waals surface area contributed by atoms with Crippen LogP contribution in [0.1, 0.15) is 88.2 Å². The van der Waals surface area contributed by atoms with Gasteiger partial charge in [0.05, 0.1) is 13.2 Å². The van der Waals surface area contributed by atoms with Crippen LogP contribution in [0.3, 0.4) is 0 Å². The van der Waals surface area contributed by atoms with Gasteiger partial charge in [0.2, 0.25) is 0 Å². The van der Waals surface area contributed by atoms with E-state index in [2.05, 4.69) is 12.1 Å². The van der Waals surface area contributed by atoms with E-state index < -0.39 is 0 Å². The van der Waals surface area contributed by atoms with Crippen molar-refractivity contribution >= 4 is 0 Å². The lowest BCUT2D eigenvalue weighted by atomic mass is 9.44. The molecule has 2 unspecified atom stereocenters. The second kappa shape index (κ2) is 7.65. The summed E-state index contributed by atoms with van der Waals surface area (Å²) in [6.45, 7) is 3.12. The summed E-state index contributed by atoms with van der Waals surface area (Å²) in [5.41, 5.74) is 3.84. The molecule has 2 heterocycles. The number of hydrogen-bond donors (Lipinski definition) is 0. The Hall–Kier alpha value is -1.26. The van der Waals surface area contributed by atoms with Crippen LogP contribution in [0.2, 0.25) is 0 Å². The standard InChI is InChI=1S/C32H42O4/c1-2-28(36-18-26-16-34-26)30(32-12-22-6-23(13-32)8-24(7-22)14-32)29(27(1)35-17-25-15-33-25)31-9-19-3-20(10-31)5-21(4-19)11-31/h1-2,19-26H,3-18H2. The number of ether oxygens (including phenoxy) is 4. The fraction of sp³-hybridized carbons (Fsp3) is 0.812. The van der Waals surface area contributed by atoms with E-state index in [1.165, 1.54) is 88.5 Å². The molecule has 4 heteroatoms. The summed E-state index contributed by atoms with van der Waals surface area (Å²) in [6.07, 6.45) is 17.7. The van der Waals surface area contributed by atoms with Crippen LogP contribution in [-0.2, 0) is 20.3 Å². The average Bonchev–Trinajstić information content (AvgIpc) is 3.75. The Morgan fingerprint density at radius 1 is 0.556 bits per heavy atom. The molecule has 8 bridgehead atoms. The molecule has 8 saturated carbocycles. The molecule has 2 aliphatic heterocycles. The minimum absolute atomic E-state index is 0.292. The Morgan fingerprint density at radius 3 is 1.14 bits per heavy atom. The average molecular weight is 491 g/mol. The third-order valence-corrected chi connectivity index (χ3v) is 11.9. The Balaban J connectivity index is 1.22. The molecule has 0 spiro atoms. The normalized spacial score (nSPS) is 48.9. The minimum atomic E-state index is 0.292. The highest BCUT2D eigenvalue weighted by Crippen LogP contribution is 2.68. The molecule has 2 atom stereocenters. The second-order valence-corrected chi connectivity index (χ2v) is 14.7. The van der Waals surface area contributed by atoms with Crippen LogP contribution in [0.25, 0.3) is 0 Å². The smallest absolute Gasteiger partial charge is 0.123 e. The van der Waals surface area contributed by atoms with Gasteiger partial charge in [0.25, 0.3) is 0 Å². The molecular weight excluding hydrogens is 448 g/mol. The Labute approximate surface area is 215 Å². The number of epoxide rings is 2. The van der Waals surface area contributed by atoms with Gasteiger partial charge in [-0.05, 0) is 125 Å². The molecule has 10 fully saturated rings. The highest BCUT2D eigenvalue weighted by molar-refractivity contribution is 5.58. The minimum Gasteiger partial charge on any atom is -0.490 e. The summed E-state index contributed by atoms with van der Waals surface area (Å²) in [6, 6.07) is 4.59. The van der Waals surface area contributed by atoms with Gasteiger partial charge in [-0.15, -0.1) is 0 Å². The van der Waals surface area contributed by atoms with Crippen molar-refractivity contribution in [3.05, 3.63) is 23.3 Å². The van der Waals surface area contributed by atoms with Crippen molar-refractivity contribution < 1.29 is 18.9 Å².